The van der Waals surface area contributed by atoms with Gasteiger partial charge in [0, 0.05) is 17.0 Å². The Balaban J connectivity index is 3.39. The Morgan fingerprint density at radius 2 is 1.67 bits per heavy atom. The summed E-state index contributed by atoms with van der Waals surface area (Å²) < 4.78 is 0. The predicted molar refractivity (Wildman–Crippen MR) is 62.7 cm³/mol. The Morgan fingerprint density at radius 3 is 2.13 bits per heavy atom. The van der Waals surface area contributed by atoms with Crippen LogP contribution in [-0.2, 0) is 6.42 Å². The molecule has 0 aromatic heterocycles. The fourth-order valence-electron chi connectivity index (χ4n) is 1.71. The summed E-state index contributed by atoms with van der Waals surface area (Å²) in [7, 11) is 0. The van der Waals surface area contributed by atoms with Gasteiger partial charge in [-0.3, -0.25) is 0 Å². The molecule has 1 aromatic rings. The number of benzene rings is 1. The van der Waals surface area contributed by atoms with Gasteiger partial charge in [0.1, 0.15) is 5.75 Å². The zero-order chi connectivity index (χ0) is 11.7. The van der Waals surface area contributed by atoms with Crippen LogP contribution >= 0.6 is 11.6 Å². The Labute approximate surface area is 95.5 Å². The van der Waals surface area contributed by atoms with Crippen LogP contribution in [0.1, 0.15) is 29.2 Å². The molecule has 0 aliphatic rings. The first-order chi connectivity index (χ1) is 6.86. The minimum absolute atomic E-state index is 0.260. The number of aromatic hydroxyl groups is 1. The summed E-state index contributed by atoms with van der Waals surface area (Å²) in [4.78, 5) is 0. The molecule has 84 valence electrons. The number of aliphatic hydroxyl groups excluding tert-OH is 1. The smallest absolute Gasteiger partial charge is 0.122 e. The Hall–Kier alpha value is -0.730. The third kappa shape index (κ3) is 2.27. The summed E-state index contributed by atoms with van der Waals surface area (Å²) in [6, 6.07) is 0. The first-order valence-electron chi connectivity index (χ1n) is 5.01. The number of phenolic OH excluding ortho intramolecular Hbond substituents is 1. The van der Waals surface area contributed by atoms with E-state index >= 15 is 0 Å². The second-order valence-electron chi connectivity index (χ2n) is 4.07. The minimum atomic E-state index is -0.479. The molecular formula is C12H17ClO2. The average Bonchev–Trinajstić information content (AvgIpc) is 2.18. The van der Waals surface area contributed by atoms with Crippen LogP contribution < -0.4 is 0 Å². The van der Waals surface area contributed by atoms with E-state index in [-0.39, 0.29) is 5.75 Å². The monoisotopic (exact) mass is 228 g/mol. The molecule has 0 aliphatic carbocycles. The molecule has 0 bridgehead atoms. The highest BCUT2D eigenvalue weighted by Crippen LogP contribution is 2.35. The first kappa shape index (κ1) is 12.3. The predicted octanol–water partition coefficient (Wildman–Crippen LogP) is 2.89. The first-order valence-corrected chi connectivity index (χ1v) is 5.39. The Bertz CT molecular complexity index is 355. The molecule has 1 unspecified atom stereocenters. The molecule has 0 aliphatic heterocycles. The van der Waals surface area contributed by atoms with Crippen molar-refractivity contribution in [2.75, 3.05) is 0 Å². The van der Waals surface area contributed by atoms with Crippen molar-refractivity contribution < 1.29 is 10.2 Å². The molecule has 0 heterocycles. The molecule has 0 amide bonds. The highest BCUT2D eigenvalue weighted by atomic mass is 35.5. The number of rotatable bonds is 2. The molecule has 0 saturated heterocycles. The van der Waals surface area contributed by atoms with E-state index in [2.05, 4.69) is 0 Å². The summed E-state index contributed by atoms with van der Waals surface area (Å²) in [6.07, 6.45) is -0.0498. The lowest BCUT2D eigenvalue weighted by molar-refractivity contribution is 0.194. The number of hydrogen-bond acceptors (Lipinski definition) is 2. The second kappa shape index (κ2) is 4.42. The van der Waals surface area contributed by atoms with Crippen molar-refractivity contribution in [2.45, 2.75) is 40.2 Å². The number of hydrogen-bond donors (Lipinski definition) is 2. The molecule has 3 heteroatoms. The summed E-state index contributed by atoms with van der Waals surface area (Å²) in [5, 5.41) is 20.0. The van der Waals surface area contributed by atoms with Crippen LogP contribution in [0.25, 0.3) is 0 Å². The maximum absolute atomic E-state index is 9.96. The van der Waals surface area contributed by atoms with E-state index < -0.39 is 6.10 Å². The third-order valence-electron chi connectivity index (χ3n) is 2.81. The van der Waals surface area contributed by atoms with Gasteiger partial charge < -0.3 is 10.2 Å². The molecule has 0 spiro atoms. The lowest BCUT2D eigenvalue weighted by Crippen LogP contribution is -2.07. The maximum Gasteiger partial charge on any atom is 0.122 e. The van der Waals surface area contributed by atoms with Crippen LogP contribution in [0.3, 0.4) is 0 Å². The number of aliphatic hydroxyl groups is 1. The van der Waals surface area contributed by atoms with Gasteiger partial charge in [0.05, 0.1) is 6.10 Å². The van der Waals surface area contributed by atoms with E-state index in [0.29, 0.717) is 11.4 Å². The minimum Gasteiger partial charge on any atom is -0.507 e. The van der Waals surface area contributed by atoms with Crippen molar-refractivity contribution in [2.24, 2.45) is 0 Å². The van der Waals surface area contributed by atoms with Crippen LogP contribution in [-0.4, -0.2) is 16.3 Å². The van der Waals surface area contributed by atoms with Crippen LogP contribution in [0.4, 0.5) is 0 Å². The number of phenols is 1. The van der Waals surface area contributed by atoms with Crippen molar-refractivity contribution in [1.82, 2.24) is 0 Å². The van der Waals surface area contributed by atoms with E-state index in [9.17, 15) is 10.2 Å². The summed E-state index contributed by atoms with van der Waals surface area (Å²) in [5.41, 5.74) is 3.30. The molecule has 1 rings (SSSR count). The number of halogens is 1. The standard InChI is InChI=1S/C12H17ClO2/c1-6(14)5-10-9(4)11(13)7(2)8(3)12(10)15/h6,14-15H,5H2,1-4H3. The van der Waals surface area contributed by atoms with Crippen molar-refractivity contribution in [3.05, 3.63) is 27.3 Å². The molecule has 0 radical (unpaired) electrons. The van der Waals surface area contributed by atoms with E-state index in [0.717, 1.165) is 22.3 Å². The lowest BCUT2D eigenvalue weighted by atomic mass is 9.95. The molecule has 2 N–H and O–H groups in total. The van der Waals surface area contributed by atoms with Gasteiger partial charge in [-0.05, 0) is 44.4 Å². The fraction of sp³-hybridized carbons (Fsp3) is 0.500. The fourth-order valence-corrected chi connectivity index (χ4v) is 1.96. The normalized spacial score (nSPS) is 12.9. The molecule has 1 atom stereocenters. The SMILES string of the molecule is Cc1c(C)c(Cl)c(C)c(CC(C)O)c1O. The van der Waals surface area contributed by atoms with Crippen molar-refractivity contribution >= 4 is 11.6 Å². The molecule has 0 fully saturated rings. The van der Waals surface area contributed by atoms with Gasteiger partial charge in [0.15, 0.2) is 0 Å². The van der Waals surface area contributed by atoms with E-state index in [1.165, 1.54) is 0 Å². The Morgan fingerprint density at radius 1 is 1.13 bits per heavy atom. The van der Waals surface area contributed by atoms with Crippen LogP contribution in [0, 0.1) is 20.8 Å². The molecule has 15 heavy (non-hydrogen) atoms. The van der Waals surface area contributed by atoms with Crippen molar-refractivity contribution in [1.29, 1.82) is 0 Å². The van der Waals surface area contributed by atoms with Gasteiger partial charge in [0.2, 0.25) is 0 Å². The van der Waals surface area contributed by atoms with Gasteiger partial charge in [-0.2, -0.15) is 0 Å². The van der Waals surface area contributed by atoms with E-state index in [1.807, 2.05) is 20.8 Å². The van der Waals surface area contributed by atoms with Gasteiger partial charge >= 0.3 is 0 Å². The average molecular weight is 229 g/mol. The van der Waals surface area contributed by atoms with Gasteiger partial charge in [0.25, 0.3) is 0 Å². The van der Waals surface area contributed by atoms with Gasteiger partial charge in [-0.1, -0.05) is 11.6 Å². The summed E-state index contributed by atoms with van der Waals surface area (Å²) in [5.74, 6) is 0.260. The maximum atomic E-state index is 9.96. The Kier molecular flexibility index (Phi) is 3.63. The van der Waals surface area contributed by atoms with Crippen LogP contribution in [0.2, 0.25) is 5.02 Å². The highest BCUT2D eigenvalue weighted by molar-refractivity contribution is 6.32. The van der Waals surface area contributed by atoms with Crippen molar-refractivity contribution in [3.63, 3.8) is 0 Å². The van der Waals surface area contributed by atoms with E-state index in [4.69, 9.17) is 11.6 Å². The van der Waals surface area contributed by atoms with Crippen LogP contribution in [0.15, 0.2) is 0 Å². The topological polar surface area (TPSA) is 40.5 Å². The van der Waals surface area contributed by atoms with Crippen LogP contribution in [0.5, 0.6) is 5.75 Å². The van der Waals surface area contributed by atoms with Gasteiger partial charge in [-0.15, -0.1) is 0 Å². The zero-order valence-corrected chi connectivity index (χ0v) is 10.3. The summed E-state index contributed by atoms with van der Waals surface area (Å²) in [6.45, 7) is 7.28. The summed E-state index contributed by atoms with van der Waals surface area (Å²) >= 11 is 6.15. The molecule has 2 nitrogen and oxygen atoms in total. The van der Waals surface area contributed by atoms with E-state index in [1.54, 1.807) is 6.92 Å². The zero-order valence-electron chi connectivity index (χ0n) is 9.56. The van der Waals surface area contributed by atoms with Gasteiger partial charge in [-0.25, -0.2) is 0 Å². The molecular weight excluding hydrogens is 212 g/mol. The van der Waals surface area contributed by atoms with Crippen molar-refractivity contribution in [3.8, 4) is 5.75 Å². The quantitative estimate of drug-likeness (QED) is 0.817. The lowest BCUT2D eigenvalue weighted by Gasteiger charge is -2.16. The molecule has 0 saturated carbocycles. The second-order valence-corrected chi connectivity index (χ2v) is 4.45. The largest absolute Gasteiger partial charge is 0.507 e. The highest BCUT2D eigenvalue weighted by Gasteiger charge is 2.16. The third-order valence-corrected chi connectivity index (χ3v) is 3.38. The molecule has 1 aromatic carbocycles.